The van der Waals surface area contributed by atoms with Crippen LogP contribution < -0.4 is 4.74 Å². The van der Waals surface area contributed by atoms with Crippen LogP contribution in [-0.4, -0.2) is 41.0 Å². The molecule has 2 aromatic carbocycles. The van der Waals surface area contributed by atoms with Crippen molar-refractivity contribution in [3.63, 3.8) is 0 Å². The second-order valence-corrected chi connectivity index (χ2v) is 6.55. The summed E-state index contributed by atoms with van der Waals surface area (Å²) < 4.78 is 18.6. The zero-order valence-electron chi connectivity index (χ0n) is 14.5. The number of aromatic nitrogens is 2. The van der Waals surface area contributed by atoms with Crippen LogP contribution >= 0.6 is 0 Å². The molecule has 5 nitrogen and oxygen atoms in total. The van der Waals surface area contributed by atoms with Crippen LogP contribution in [0.2, 0.25) is 0 Å². The Morgan fingerprint density at radius 3 is 2.77 bits per heavy atom. The van der Waals surface area contributed by atoms with Gasteiger partial charge in [-0.05, 0) is 43.2 Å². The molecule has 1 amide bonds. The van der Waals surface area contributed by atoms with E-state index in [1.165, 1.54) is 12.1 Å². The maximum Gasteiger partial charge on any atom is 0.257 e. The number of ether oxygens (including phenoxy) is 1. The van der Waals surface area contributed by atoms with Gasteiger partial charge in [0.2, 0.25) is 0 Å². The number of piperidine rings is 1. The molecule has 0 atom stereocenters. The minimum Gasteiger partial charge on any atom is -0.496 e. The van der Waals surface area contributed by atoms with E-state index >= 15 is 0 Å². The van der Waals surface area contributed by atoms with E-state index in [1.54, 1.807) is 25.3 Å². The Bertz CT molecular complexity index is 945. The molecule has 6 heteroatoms. The summed E-state index contributed by atoms with van der Waals surface area (Å²) in [7, 11) is 1.57. The van der Waals surface area contributed by atoms with E-state index in [4.69, 9.17) is 4.74 Å². The first-order valence-corrected chi connectivity index (χ1v) is 8.73. The summed E-state index contributed by atoms with van der Waals surface area (Å²) in [5.41, 5.74) is 2.08. The first-order chi connectivity index (χ1) is 12.7. The van der Waals surface area contributed by atoms with Gasteiger partial charge in [-0.15, -0.1) is 0 Å². The number of hydrogen-bond acceptors (Lipinski definition) is 3. The molecule has 1 N–H and O–H groups in total. The van der Waals surface area contributed by atoms with Gasteiger partial charge in [-0.25, -0.2) is 9.37 Å². The largest absolute Gasteiger partial charge is 0.496 e. The van der Waals surface area contributed by atoms with E-state index < -0.39 is 0 Å². The molecule has 1 aliphatic heterocycles. The van der Waals surface area contributed by atoms with Crippen LogP contribution in [0.15, 0.2) is 42.5 Å². The summed E-state index contributed by atoms with van der Waals surface area (Å²) in [6, 6.07) is 11.9. The quantitative estimate of drug-likeness (QED) is 0.780. The van der Waals surface area contributed by atoms with E-state index in [1.807, 2.05) is 17.0 Å². The number of H-pyrrole nitrogens is 1. The highest BCUT2D eigenvalue weighted by Crippen LogP contribution is 2.29. The molecule has 1 aliphatic rings. The maximum atomic E-state index is 13.3. The topological polar surface area (TPSA) is 58.2 Å². The van der Waals surface area contributed by atoms with Gasteiger partial charge >= 0.3 is 0 Å². The van der Waals surface area contributed by atoms with Crippen molar-refractivity contribution in [2.75, 3.05) is 20.2 Å². The van der Waals surface area contributed by atoms with Crippen molar-refractivity contribution in [3.8, 4) is 5.75 Å². The summed E-state index contributed by atoms with van der Waals surface area (Å²) in [5.74, 6) is 1.43. The van der Waals surface area contributed by atoms with Gasteiger partial charge < -0.3 is 14.6 Å². The minimum atomic E-state index is -0.273. The van der Waals surface area contributed by atoms with Gasteiger partial charge in [0.25, 0.3) is 5.91 Å². The first-order valence-electron chi connectivity index (χ1n) is 8.73. The Morgan fingerprint density at radius 2 is 2.00 bits per heavy atom. The van der Waals surface area contributed by atoms with E-state index in [9.17, 15) is 9.18 Å². The smallest absolute Gasteiger partial charge is 0.257 e. The Balaban J connectivity index is 1.47. The fourth-order valence-corrected chi connectivity index (χ4v) is 3.54. The zero-order valence-corrected chi connectivity index (χ0v) is 14.5. The van der Waals surface area contributed by atoms with Crippen molar-refractivity contribution in [1.82, 2.24) is 14.9 Å². The van der Waals surface area contributed by atoms with Gasteiger partial charge in [-0.1, -0.05) is 12.1 Å². The van der Waals surface area contributed by atoms with Crippen molar-refractivity contribution in [3.05, 3.63) is 59.7 Å². The van der Waals surface area contributed by atoms with Gasteiger partial charge in [0.05, 0.1) is 23.7 Å². The zero-order chi connectivity index (χ0) is 18.1. The van der Waals surface area contributed by atoms with Crippen LogP contribution in [0, 0.1) is 5.82 Å². The Kier molecular flexibility index (Phi) is 4.32. The van der Waals surface area contributed by atoms with Crippen LogP contribution in [0.5, 0.6) is 5.75 Å². The second kappa shape index (κ2) is 6.78. The summed E-state index contributed by atoms with van der Waals surface area (Å²) in [6.45, 7) is 1.32. The van der Waals surface area contributed by atoms with Crippen LogP contribution in [0.4, 0.5) is 4.39 Å². The number of rotatable bonds is 3. The molecular formula is C20H20FN3O2. The lowest BCUT2D eigenvalue weighted by Gasteiger charge is -2.31. The fraction of sp³-hybridized carbons (Fsp3) is 0.300. The third-order valence-corrected chi connectivity index (χ3v) is 4.97. The van der Waals surface area contributed by atoms with Crippen LogP contribution in [-0.2, 0) is 0 Å². The lowest BCUT2D eigenvalue weighted by Crippen LogP contribution is -2.38. The molecule has 0 bridgehead atoms. The van der Waals surface area contributed by atoms with Crippen molar-refractivity contribution in [2.45, 2.75) is 18.8 Å². The molecule has 0 radical (unpaired) electrons. The average Bonchev–Trinajstić information content (AvgIpc) is 3.10. The molecule has 0 unspecified atom stereocenters. The molecule has 2 heterocycles. The number of imidazole rings is 1. The van der Waals surface area contributed by atoms with E-state index in [2.05, 4.69) is 9.97 Å². The van der Waals surface area contributed by atoms with E-state index in [-0.39, 0.29) is 17.6 Å². The number of halogens is 1. The summed E-state index contributed by atoms with van der Waals surface area (Å²) in [4.78, 5) is 22.5. The first kappa shape index (κ1) is 16.6. The lowest BCUT2D eigenvalue weighted by atomic mass is 9.95. The van der Waals surface area contributed by atoms with Crippen molar-refractivity contribution in [1.29, 1.82) is 0 Å². The van der Waals surface area contributed by atoms with Gasteiger partial charge in [-0.3, -0.25) is 4.79 Å². The maximum absolute atomic E-state index is 13.3. The van der Waals surface area contributed by atoms with Gasteiger partial charge in [0.1, 0.15) is 17.4 Å². The molecule has 0 aliphatic carbocycles. The SMILES string of the molecule is COc1ccccc1C(=O)N1CCC(c2nc3ccc(F)cc3[nH]2)CC1. The van der Waals surface area contributed by atoms with Crippen molar-refractivity contribution >= 4 is 16.9 Å². The van der Waals surface area contributed by atoms with Crippen LogP contribution in [0.25, 0.3) is 11.0 Å². The number of likely N-dealkylation sites (tertiary alicyclic amines) is 1. The van der Waals surface area contributed by atoms with Gasteiger partial charge in [-0.2, -0.15) is 0 Å². The summed E-state index contributed by atoms with van der Waals surface area (Å²) in [6.07, 6.45) is 1.65. The molecule has 3 aromatic rings. The van der Waals surface area contributed by atoms with Gasteiger partial charge in [0, 0.05) is 19.0 Å². The number of para-hydroxylation sites is 1. The average molecular weight is 353 g/mol. The summed E-state index contributed by atoms with van der Waals surface area (Å²) >= 11 is 0. The molecular weight excluding hydrogens is 333 g/mol. The number of nitrogens with zero attached hydrogens (tertiary/aromatic N) is 2. The minimum absolute atomic E-state index is 0.00687. The predicted octanol–water partition coefficient (Wildman–Crippen LogP) is 3.73. The molecule has 4 rings (SSSR count). The number of nitrogens with one attached hydrogen (secondary N) is 1. The number of aromatic amines is 1. The Morgan fingerprint density at radius 1 is 1.23 bits per heavy atom. The molecule has 1 fully saturated rings. The Hall–Kier alpha value is -2.89. The lowest BCUT2D eigenvalue weighted by molar-refractivity contribution is 0.0708. The number of carbonyl (C=O) groups is 1. The fourth-order valence-electron chi connectivity index (χ4n) is 3.54. The number of methoxy groups -OCH3 is 1. The van der Waals surface area contributed by atoms with Crippen molar-refractivity contribution in [2.24, 2.45) is 0 Å². The number of amides is 1. The molecule has 0 spiro atoms. The van der Waals surface area contributed by atoms with Crippen LogP contribution in [0.3, 0.4) is 0 Å². The number of fused-ring (bicyclic) bond motifs is 1. The molecule has 1 aromatic heterocycles. The van der Waals surface area contributed by atoms with Crippen LogP contribution in [0.1, 0.15) is 34.9 Å². The third-order valence-electron chi connectivity index (χ3n) is 4.97. The number of hydrogen-bond donors (Lipinski definition) is 1. The van der Waals surface area contributed by atoms with Gasteiger partial charge in [0.15, 0.2) is 0 Å². The monoisotopic (exact) mass is 353 g/mol. The molecule has 134 valence electrons. The predicted molar refractivity (Wildman–Crippen MR) is 96.9 cm³/mol. The molecule has 0 saturated carbocycles. The second-order valence-electron chi connectivity index (χ2n) is 6.55. The molecule has 1 saturated heterocycles. The number of carbonyl (C=O) groups excluding carboxylic acids is 1. The standard InChI is InChI=1S/C20H20FN3O2/c1-26-18-5-3-2-4-15(18)20(25)24-10-8-13(9-11-24)19-22-16-7-6-14(21)12-17(16)23-19/h2-7,12-13H,8-11H2,1H3,(H,22,23). The highest BCUT2D eigenvalue weighted by Gasteiger charge is 2.27. The summed E-state index contributed by atoms with van der Waals surface area (Å²) in [5, 5.41) is 0. The van der Waals surface area contributed by atoms with E-state index in [0.29, 0.717) is 29.9 Å². The highest BCUT2D eigenvalue weighted by atomic mass is 19.1. The highest BCUT2D eigenvalue weighted by molar-refractivity contribution is 5.97. The Labute approximate surface area is 150 Å². The number of benzene rings is 2. The normalized spacial score (nSPS) is 15.4. The van der Waals surface area contributed by atoms with Crippen molar-refractivity contribution < 1.29 is 13.9 Å². The third kappa shape index (κ3) is 3.03. The molecule has 26 heavy (non-hydrogen) atoms. The van der Waals surface area contributed by atoms with E-state index in [0.717, 1.165) is 24.2 Å².